The van der Waals surface area contributed by atoms with E-state index < -0.39 is 6.36 Å². The van der Waals surface area contributed by atoms with Gasteiger partial charge in [0.1, 0.15) is 5.75 Å². The van der Waals surface area contributed by atoms with Gasteiger partial charge < -0.3 is 15.6 Å². The Balaban J connectivity index is 1.75. The summed E-state index contributed by atoms with van der Waals surface area (Å²) in [6, 6.07) is 7.32. The molecule has 0 bridgehead atoms. The number of hydrogen-bond acceptors (Lipinski definition) is 5. The molecule has 2 heterocycles. The van der Waals surface area contributed by atoms with Crippen LogP contribution in [0.3, 0.4) is 0 Å². The molecule has 1 aliphatic rings. The van der Waals surface area contributed by atoms with E-state index in [-0.39, 0.29) is 24.3 Å². The Kier molecular flexibility index (Phi) is 4.27. The third-order valence-corrected chi connectivity index (χ3v) is 4.73. The molecule has 1 aromatic carbocycles. The molecule has 27 heavy (non-hydrogen) atoms. The Morgan fingerprint density at radius 1 is 1.19 bits per heavy atom. The van der Waals surface area contributed by atoms with E-state index in [1.807, 2.05) is 6.07 Å². The summed E-state index contributed by atoms with van der Waals surface area (Å²) in [6.45, 7) is 0.201. The SMILES string of the molecule is NCc1nn(-c2ccc(OC(F)(F)F)cc2)c2nccc([C@H]3C[C@@H](O)C3)c12. The van der Waals surface area contributed by atoms with Gasteiger partial charge >= 0.3 is 6.36 Å². The average molecular weight is 378 g/mol. The van der Waals surface area contributed by atoms with Crippen molar-refractivity contribution in [2.45, 2.75) is 37.8 Å². The van der Waals surface area contributed by atoms with Gasteiger partial charge in [0.15, 0.2) is 5.65 Å². The number of ether oxygens (including phenoxy) is 1. The highest BCUT2D eigenvalue weighted by atomic mass is 19.4. The van der Waals surface area contributed by atoms with Crippen molar-refractivity contribution in [3.05, 3.63) is 47.8 Å². The molecule has 0 aliphatic heterocycles. The molecule has 6 nitrogen and oxygen atoms in total. The molecule has 0 saturated heterocycles. The summed E-state index contributed by atoms with van der Waals surface area (Å²) in [4.78, 5) is 4.40. The molecule has 4 rings (SSSR count). The van der Waals surface area contributed by atoms with Gasteiger partial charge in [0.25, 0.3) is 0 Å². The third kappa shape index (κ3) is 3.35. The number of aromatic nitrogens is 3. The minimum Gasteiger partial charge on any atom is -0.406 e. The second kappa shape index (κ2) is 6.50. The summed E-state index contributed by atoms with van der Waals surface area (Å²) in [5.74, 6) is -0.0881. The Morgan fingerprint density at radius 2 is 1.89 bits per heavy atom. The normalized spacial score (nSPS) is 19.9. The van der Waals surface area contributed by atoms with E-state index in [1.54, 1.807) is 10.9 Å². The summed E-state index contributed by atoms with van der Waals surface area (Å²) < 4.78 is 42.4. The number of aliphatic hydroxyl groups is 1. The van der Waals surface area contributed by atoms with Crippen molar-refractivity contribution in [3.8, 4) is 11.4 Å². The molecule has 1 fully saturated rings. The first kappa shape index (κ1) is 17.7. The molecule has 0 radical (unpaired) electrons. The predicted molar refractivity (Wildman–Crippen MR) is 91.4 cm³/mol. The first-order chi connectivity index (χ1) is 12.9. The lowest BCUT2D eigenvalue weighted by molar-refractivity contribution is -0.274. The van der Waals surface area contributed by atoms with Gasteiger partial charge in [-0.1, -0.05) is 0 Å². The maximum atomic E-state index is 12.3. The zero-order valence-corrected chi connectivity index (χ0v) is 14.1. The summed E-state index contributed by atoms with van der Waals surface area (Å²) in [7, 11) is 0. The zero-order chi connectivity index (χ0) is 19.2. The lowest BCUT2D eigenvalue weighted by atomic mass is 9.77. The molecule has 3 aromatic rings. The van der Waals surface area contributed by atoms with Gasteiger partial charge in [-0.25, -0.2) is 9.67 Å². The number of benzene rings is 1. The van der Waals surface area contributed by atoms with Crippen LogP contribution in [0.5, 0.6) is 5.75 Å². The van der Waals surface area contributed by atoms with Crippen molar-refractivity contribution in [1.29, 1.82) is 0 Å². The fourth-order valence-electron chi connectivity index (χ4n) is 3.43. The molecule has 1 aliphatic carbocycles. The lowest BCUT2D eigenvalue weighted by Gasteiger charge is -2.32. The highest BCUT2D eigenvalue weighted by Crippen LogP contribution is 2.40. The van der Waals surface area contributed by atoms with E-state index >= 15 is 0 Å². The fraction of sp³-hybridized carbons (Fsp3) is 0.333. The molecular formula is C18H17F3N4O2. The largest absolute Gasteiger partial charge is 0.573 e. The first-order valence-corrected chi connectivity index (χ1v) is 8.46. The molecule has 0 amide bonds. The molecular weight excluding hydrogens is 361 g/mol. The van der Waals surface area contributed by atoms with Crippen LogP contribution in [0.25, 0.3) is 16.7 Å². The maximum absolute atomic E-state index is 12.3. The highest BCUT2D eigenvalue weighted by molar-refractivity contribution is 5.84. The van der Waals surface area contributed by atoms with Crippen molar-refractivity contribution >= 4 is 11.0 Å². The van der Waals surface area contributed by atoms with Crippen LogP contribution >= 0.6 is 0 Å². The molecule has 3 N–H and O–H groups in total. The van der Waals surface area contributed by atoms with Crippen molar-refractivity contribution in [3.63, 3.8) is 0 Å². The zero-order valence-electron chi connectivity index (χ0n) is 14.1. The first-order valence-electron chi connectivity index (χ1n) is 8.46. The monoisotopic (exact) mass is 378 g/mol. The number of pyridine rings is 1. The number of nitrogens with zero attached hydrogens (tertiary/aromatic N) is 3. The van der Waals surface area contributed by atoms with Crippen LogP contribution in [0.4, 0.5) is 13.2 Å². The topological polar surface area (TPSA) is 86.2 Å². The van der Waals surface area contributed by atoms with E-state index in [0.29, 0.717) is 29.9 Å². The van der Waals surface area contributed by atoms with Crippen molar-refractivity contribution in [1.82, 2.24) is 14.8 Å². The molecule has 142 valence electrons. The summed E-state index contributed by atoms with van der Waals surface area (Å²) >= 11 is 0. The van der Waals surface area contributed by atoms with Gasteiger partial charge in [0.2, 0.25) is 0 Å². The van der Waals surface area contributed by atoms with E-state index in [9.17, 15) is 18.3 Å². The number of rotatable bonds is 4. The quantitative estimate of drug-likeness (QED) is 0.729. The van der Waals surface area contributed by atoms with Crippen LogP contribution in [-0.2, 0) is 6.54 Å². The van der Waals surface area contributed by atoms with Gasteiger partial charge in [-0.15, -0.1) is 13.2 Å². The second-order valence-electron chi connectivity index (χ2n) is 6.53. The summed E-state index contributed by atoms with van der Waals surface area (Å²) in [5.41, 5.74) is 8.68. The number of fused-ring (bicyclic) bond motifs is 1. The Hall–Kier alpha value is -2.65. The number of nitrogens with two attached hydrogens (primary N) is 1. The van der Waals surface area contributed by atoms with Crippen LogP contribution in [-0.4, -0.2) is 32.3 Å². The van der Waals surface area contributed by atoms with Gasteiger partial charge in [-0.3, -0.25) is 0 Å². The highest BCUT2D eigenvalue weighted by Gasteiger charge is 2.32. The van der Waals surface area contributed by atoms with E-state index in [2.05, 4.69) is 14.8 Å². The number of hydrogen-bond donors (Lipinski definition) is 2. The smallest absolute Gasteiger partial charge is 0.406 e. The third-order valence-electron chi connectivity index (χ3n) is 4.73. The molecule has 0 atom stereocenters. The Labute approximate surface area is 152 Å². The summed E-state index contributed by atoms with van der Waals surface area (Å²) in [5, 5.41) is 15.0. The molecule has 2 aromatic heterocycles. The van der Waals surface area contributed by atoms with Gasteiger partial charge in [0, 0.05) is 18.1 Å². The summed E-state index contributed by atoms with van der Waals surface area (Å²) in [6.07, 6.45) is -2.01. The molecule has 9 heteroatoms. The number of alkyl halides is 3. The van der Waals surface area contributed by atoms with Crippen LogP contribution in [0.2, 0.25) is 0 Å². The van der Waals surface area contributed by atoms with Gasteiger partial charge in [0.05, 0.1) is 17.5 Å². The second-order valence-corrected chi connectivity index (χ2v) is 6.53. The lowest BCUT2D eigenvalue weighted by Crippen LogP contribution is -2.26. The van der Waals surface area contributed by atoms with Crippen LogP contribution in [0.15, 0.2) is 36.5 Å². The van der Waals surface area contributed by atoms with E-state index in [4.69, 9.17) is 5.73 Å². The van der Waals surface area contributed by atoms with Crippen LogP contribution in [0.1, 0.15) is 30.0 Å². The van der Waals surface area contributed by atoms with Crippen molar-refractivity contribution in [2.75, 3.05) is 0 Å². The Morgan fingerprint density at radius 3 is 2.48 bits per heavy atom. The van der Waals surface area contributed by atoms with Crippen LogP contribution in [0, 0.1) is 0 Å². The van der Waals surface area contributed by atoms with Crippen LogP contribution < -0.4 is 10.5 Å². The average Bonchev–Trinajstić information content (AvgIpc) is 2.97. The molecule has 0 spiro atoms. The minimum atomic E-state index is -4.74. The van der Waals surface area contributed by atoms with Crippen molar-refractivity contribution < 1.29 is 23.0 Å². The Bertz CT molecular complexity index is 963. The van der Waals surface area contributed by atoms with Gasteiger partial charge in [-0.05, 0) is 54.7 Å². The number of aliphatic hydroxyl groups excluding tert-OH is 1. The van der Waals surface area contributed by atoms with E-state index in [1.165, 1.54) is 24.3 Å². The standard InChI is InChI=1S/C18H17F3N4O2/c19-18(20,21)27-13-3-1-11(2-4-13)25-17-16(15(9-22)24-25)14(5-6-23-17)10-7-12(26)8-10/h1-6,10,12,26H,7-9,22H2/t10-,12+. The van der Waals surface area contributed by atoms with E-state index in [0.717, 1.165) is 10.9 Å². The predicted octanol–water partition coefficient (Wildman–Crippen LogP) is 3.02. The maximum Gasteiger partial charge on any atom is 0.573 e. The molecule has 1 saturated carbocycles. The number of halogens is 3. The van der Waals surface area contributed by atoms with Crippen molar-refractivity contribution in [2.24, 2.45) is 5.73 Å². The van der Waals surface area contributed by atoms with Gasteiger partial charge in [-0.2, -0.15) is 5.10 Å². The fourth-order valence-corrected chi connectivity index (χ4v) is 3.43. The minimum absolute atomic E-state index is 0.201. The molecule has 0 unspecified atom stereocenters.